The summed E-state index contributed by atoms with van der Waals surface area (Å²) in [6, 6.07) is 24.2. The number of benzene rings is 3. The summed E-state index contributed by atoms with van der Waals surface area (Å²) >= 11 is 0. The smallest absolute Gasteiger partial charge is 0.408 e. The predicted octanol–water partition coefficient (Wildman–Crippen LogP) is 3.42. The summed E-state index contributed by atoms with van der Waals surface area (Å²) < 4.78 is 5.25. The van der Waals surface area contributed by atoms with Gasteiger partial charge in [-0.2, -0.15) is 0 Å². The fourth-order valence-electron chi connectivity index (χ4n) is 4.53. The van der Waals surface area contributed by atoms with Gasteiger partial charge in [0.1, 0.15) is 23.2 Å². The van der Waals surface area contributed by atoms with E-state index in [1.807, 2.05) is 91.0 Å². The van der Waals surface area contributed by atoms with Crippen LogP contribution in [0.15, 0.2) is 91.0 Å². The van der Waals surface area contributed by atoms with Gasteiger partial charge in [-0.1, -0.05) is 91.0 Å². The average Bonchev–Trinajstić information content (AvgIpc) is 2.95. The van der Waals surface area contributed by atoms with Crippen molar-refractivity contribution in [2.45, 2.75) is 56.8 Å². The van der Waals surface area contributed by atoms with Crippen LogP contribution in [-0.4, -0.2) is 57.7 Å². The molecule has 11 nitrogen and oxygen atoms in total. The number of hydrogen-bond donors (Lipinski definition) is 5. The maximum atomic E-state index is 13.9. The van der Waals surface area contributed by atoms with Gasteiger partial charge in [-0.25, -0.2) is 9.59 Å². The number of ether oxygens (including phenoxy) is 1. The zero-order valence-electron chi connectivity index (χ0n) is 24.1. The first-order valence-corrected chi connectivity index (χ1v) is 13.5. The molecule has 3 amide bonds. The molecule has 43 heavy (non-hydrogen) atoms. The van der Waals surface area contributed by atoms with Crippen molar-refractivity contribution in [2.75, 3.05) is 0 Å². The van der Waals surface area contributed by atoms with Crippen molar-refractivity contribution in [3.8, 4) is 0 Å². The van der Waals surface area contributed by atoms with Crippen LogP contribution in [0.5, 0.6) is 0 Å². The summed E-state index contributed by atoms with van der Waals surface area (Å²) in [5, 5.41) is 26.0. The number of amides is 3. The van der Waals surface area contributed by atoms with Crippen molar-refractivity contribution in [1.82, 2.24) is 16.0 Å². The molecule has 11 heteroatoms. The Hall–Kier alpha value is -5.19. The number of nitrogens with one attached hydrogen (secondary N) is 3. The standard InChI is InChI=1S/C32H35N3O8/c1-31(2,3)43-30(42)34-24(28(39)33-25(29(40)41)20-27(37)38)19-26(36)35-32(21-13-7-4-8-14-21,22-15-9-5-10-16-22)23-17-11-6-12-18-23/h4-18,24-25H,19-20H2,1-3H3,(H,33,39)(H,34,42)(H,35,36)(H,37,38)(H,40,41)/t24-,25-/m0/s1. The van der Waals surface area contributed by atoms with E-state index in [0.29, 0.717) is 16.7 Å². The number of carboxylic acids is 2. The van der Waals surface area contributed by atoms with Crippen LogP contribution in [0.25, 0.3) is 0 Å². The molecule has 0 aromatic heterocycles. The Bertz CT molecular complexity index is 1330. The van der Waals surface area contributed by atoms with Gasteiger partial charge in [0.25, 0.3) is 0 Å². The van der Waals surface area contributed by atoms with Crippen LogP contribution in [0, 0.1) is 0 Å². The lowest BCUT2D eigenvalue weighted by Gasteiger charge is -2.37. The van der Waals surface area contributed by atoms with Crippen LogP contribution in [0.1, 0.15) is 50.3 Å². The highest BCUT2D eigenvalue weighted by molar-refractivity contribution is 5.94. The molecule has 2 atom stereocenters. The van der Waals surface area contributed by atoms with E-state index in [1.165, 1.54) is 0 Å². The van der Waals surface area contributed by atoms with Crippen molar-refractivity contribution in [3.05, 3.63) is 108 Å². The molecule has 3 rings (SSSR count). The zero-order valence-corrected chi connectivity index (χ0v) is 24.1. The highest BCUT2D eigenvalue weighted by Gasteiger charge is 2.39. The van der Waals surface area contributed by atoms with E-state index in [-0.39, 0.29) is 0 Å². The van der Waals surface area contributed by atoms with Crippen molar-refractivity contribution in [2.24, 2.45) is 0 Å². The van der Waals surface area contributed by atoms with Crippen molar-refractivity contribution >= 4 is 29.8 Å². The minimum absolute atomic E-state index is 0.626. The maximum Gasteiger partial charge on any atom is 0.408 e. The largest absolute Gasteiger partial charge is 0.481 e. The van der Waals surface area contributed by atoms with Gasteiger partial charge in [-0.15, -0.1) is 0 Å². The molecule has 0 spiro atoms. The highest BCUT2D eigenvalue weighted by atomic mass is 16.6. The predicted molar refractivity (Wildman–Crippen MR) is 157 cm³/mol. The number of carbonyl (C=O) groups is 5. The molecule has 0 saturated carbocycles. The van der Waals surface area contributed by atoms with Gasteiger partial charge in [0, 0.05) is 0 Å². The number of alkyl carbamates (subject to hydrolysis) is 1. The van der Waals surface area contributed by atoms with Gasteiger partial charge >= 0.3 is 18.0 Å². The molecule has 5 N–H and O–H groups in total. The van der Waals surface area contributed by atoms with Crippen LogP contribution < -0.4 is 16.0 Å². The minimum Gasteiger partial charge on any atom is -0.481 e. The Morgan fingerprint density at radius 1 is 0.674 bits per heavy atom. The first-order chi connectivity index (χ1) is 20.3. The second-order valence-electron chi connectivity index (χ2n) is 10.8. The Balaban J connectivity index is 2.02. The second kappa shape index (κ2) is 14.1. The zero-order chi connectivity index (χ0) is 31.6. The summed E-state index contributed by atoms with van der Waals surface area (Å²) in [7, 11) is 0. The van der Waals surface area contributed by atoms with Crippen LogP contribution in [0.4, 0.5) is 4.79 Å². The average molecular weight is 590 g/mol. The van der Waals surface area contributed by atoms with Gasteiger partial charge in [-0.05, 0) is 37.5 Å². The van der Waals surface area contributed by atoms with Crippen molar-refractivity contribution < 1.29 is 38.9 Å². The third-order valence-corrected chi connectivity index (χ3v) is 6.34. The molecular weight excluding hydrogens is 554 g/mol. The Morgan fingerprint density at radius 3 is 1.49 bits per heavy atom. The molecule has 3 aromatic rings. The van der Waals surface area contributed by atoms with E-state index in [4.69, 9.17) is 9.84 Å². The minimum atomic E-state index is -1.80. The summed E-state index contributed by atoms with van der Waals surface area (Å²) in [4.78, 5) is 62.5. The summed E-state index contributed by atoms with van der Waals surface area (Å²) in [5.41, 5.74) is -0.0119. The van der Waals surface area contributed by atoms with Gasteiger partial charge in [0.05, 0.1) is 12.8 Å². The van der Waals surface area contributed by atoms with Crippen LogP contribution in [-0.2, 0) is 29.5 Å². The lowest BCUT2D eigenvalue weighted by molar-refractivity contribution is -0.147. The van der Waals surface area contributed by atoms with E-state index < -0.39 is 65.9 Å². The van der Waals surface area contributed by atoms with Crippen molar-refractivity contribution in [1.29, 1.82) is 0 Å². The lowest BCUT2D eigenvalue weighted by Crippen LogP contribution is -2.55. The van der Waals surface area contributed by atoms with Gasteiger partial charge in [-0.3, -0.25) is 14.4 Å². The molecule has 0 saturated heterocycles. The molecule has 0 radical (unpaired) electrons. The summed E-state index contributed by atoms with van der Waals surface area (Å²) in [6.07, 6.45) is -2.56. The number of carboxylic acid groups (broad SMARTS) is 2. The highest BCUT2D eigenvalue weighted by Crippen LogP contribution is 2.36. The second-order valence-corrected chi connectivity index (χ2v) is 10.8. The Kier molecular flexibility index (Phi) is 10.6. The number of carbonyl (C=O) groups excluding carboxylic acids is 3. The number of rotatable bonds is 12. The molecular formula is C32H35N3O8. The third-order valence-electron chi connectivity index (χ3n) is 6.34. The SMILES string of the molecule is CC(C)(C)OC(=O)N[C@@H](CC(=O)NC(c1ccccc1)(c1ccccc1)c1ccccc1)C(=O)N[C@@H](CC(=O)O)C(=O)O. The van der Waals surface area contributed by atoms with E-state index in [1.54, 1.807) is 20.8 Å². The summed E-state index contributed by atoms with van der Waals surface area (Å²) in [6.45, 7) is 4.82. The lowest BCUT2D eigenvalue weighted by atomic mass is 9.77. The molecule has 0 bridgehead atoms. The molecule has 0 aliphatic rings. The third kappa shape index (κ3) is 8.90. The Morgan fingerprint density at radius 2 is 1.12 bits per heavy atom. The van der Waals surface area contributed by atoms with E-state index in [9.17, 15) is 29.1 Å². The van der Waals surface area contributed by atoms with Gasteiger partial charge in [0.15, 0.2) is 0 Å². The number of aliphatic carboxylic acids is 2. The van der Waals surface area contributed by atoms with E-state index in [0.717, 1.165) is 0 Å². The monoisotopic (exact) mass is 589 g/mol. The maximum absolute atomic E-state index is 13.9. The number of hydrogen-bond acceptors (Lipinski definition) is 6. The van der Waals surface area contributed by atoms with Gasteiger partial charge in [0.2, 0.25) is 11.8 Å². The fourth-order valence-corrected chi connectivity index (χ4v) is 4.53. The van der Waals surface area contributed by atoms with Crippen molar-refractivity contribution in [3.63, 3.8) is 0 Å². The summed E-state index contributed by atoms with van der Waals surface area (Å²) in [5.74, 6) is -4.79. The molecule has 226 valence electrons. The van der Waals surface area contributed by atoms with E-state index in [2.05, 4.69) is 16.0 Å². The Labute approximate surface area is 249 Å². The normalized spacial score (nSPS) is 12.7. The molecule has 0 unspecified atom stereocenters. The van der Waals surface area contributed by atoms with Crippen LogP contribution >= 0.6 is 0 Å². The molecule has 0 aliphatic heterocycles. The van der Waals surface area contributed by atoms with E-state index >= 15 is 0 Å². The first kappa shape index (κ1) is 32.3. The first-order valence-electron chi connectivity index (χ1n) is 13.5. The topological polar surface area (TPSA) is 171 Å². The molecule has 0 fully saturated rings. The quantitative estimate of drug-likeness (QED) is 0.200. The van der Waals surface area contributed by atoms with Crippen LogP contribution in [0.2, 0.25) is 0 Å². The molecule has 0 aliphatic carbocycles. The molecule has 3 aromatic carbocycles. The fraction of sp³-hybridized carbons (Fsp3) is 0.281. The van der Waals surface area contributed by atoms with Gasteiger partial charge < -0.3 is 30.9 Å². The molecule has 0 heterocycles. The van der Waals surface area contributed by atoms with Crippen LogP contribution in [0.3, 0.4) is 0 Å².